The standard InChI is InChI=1S/C9H11NO.C2H6/c1-7(11)8-5-3-4-6-9(8)10-2;1-2/h3-6,10H,1-2H3;1-2H3. The second kappa shape index (κ2) is 6.23. The molecule has 1 aromatic rings. The highest BCUT2D eigenvalue weighted by atomic mass is 16.1. The van der Waals surface area contributed by atoms with Crippen LogP contribution in [0.1, 0.15) is 31.1 Å². The van der Waals surface area contributed by atoms with E-state index in [0.29, 0.717) is 0 Å². The van der Waals surface area contributed by atoms with Crippen LogP contribution in [0, 0.1) is 0 Å². The van der Waals surface area contributed by atoms with Crippen LogP contribution in [-0.2, 0) is 0 Å². The summed E-state index contributed by atoms with van der Waals surface area (Å²) in [6.07, 6.45) is 0. The smallest absolute Gasteiger partial charge is 0.161 e. The van der Waals surface area contributed by atoms with E-state index in [0.717, 1.165) is 11.3 Å². The van der Waals surface area contributed by atoms with Crippen molar-refractivity contribution in [3.05, 3.63) is 29.8 Å². The van der Waals surface area contributed by atoms with Crippen molar-refractivity contribution in [1.82, 2.24) is 0 Å². The molecule has 0 radical (unpaired) electrons. The summed E-state index contributed by atoms with van der Waals surface area (Å²) >= 11 is 0. The highest BCUT2D eigenvalue weighted by molar-refractivity contribution is 5.99. The van der Waals surface area contributed by atoms with Crippen LogP contribution in [-0.4, -0.2) is 12.8 Å². The molecule has 0 aliphatic heterocycles. The zero-order valence-corrected chi connectivity index (χ0v) is 8.72. The summed E-state index contributed by atoms with van der Waals surface area (Å²) in [5, 5.41) is 2.96. The summed E-state index contributed by atoms with van der Waals surface area (Å²) in [7, 11) is 1.81. The van der Waals surface area contributed by atoms with E-state index in [-0.39, 0.29) is 5.78 Å². The van der Waals surface area contributed by atoms with Crippen LogP contribution in [0.4, 0.5) is 5.69 Å². The van der Waals surface area contributed by atoms with Crippen molar-refractivity contribution in [3.63, 3.8) is 0 Å². The molecule has 0 saturated heterocycles. The van der Waals surface area contributed by atoms with Gasteiger partial charge >= 0.3 is 0 Å². The Hall–Kier alpha value is -1.31. The lowest BCUT2D eigenvalue weighted by molar-refractivity contribution is 0.101. The van der Waals surface area contributed by atoms with Crippen LogP contribution in [0.3, 0.4) is 0 Å². The van der Waals surface area contributed by atoms with E-state index < -0.39 is 0 Å². The van der Waals surface area contributed by atoms with Gasteiger partial charge in [0.25, 0.3) is 0 Å². The largest absolute Gasteiger partial charge is 0.388 e. The highest BCUT2D eigenvalue weighted by Crippen LogP contribution is 2.13. The topological polar surface area (TPSA) is 29.1 Å². The normalized spacial score (nSPS) is 8.31. The van der Waals surface area contributed by atoms with E-state index in [1.807, 2.05) is 45.2 Å². The van der Waals surface area contributed by atoms with E-state index in [9.17, 15) is 4.79 Å². The van der Waals surface area contributed by atoms with Crippen molar-refractivity contribution < 1.29 is 4.79 Å². The minimum Gasteiger partial charge on any atom is -0.388 e. The van der Waals surface area contributed by atoms with E-state index in [2.05, 4.69) is 5.32 Å². The monoisotopic (exact) mass is 179 g/mol. The molecule has 0 aliphatic carbocycles. The van der Waals surface area contributed by atoms with E-state index in [1.54, 1.807) is 6.92 Å². The molecule has 0 aromatic heterocycles. The van der Waals surface area contributed by atoms with Gasteiger partial charge in [0.05, 0.1) is 0 Å². The summed E-state index contributed by atoms with van der Waals surface area (Å²) in [4.78, 5) is 11.0. The molecule has 0 fully saturated rings. The molecule has 0 spiro atoms. The number of carbonyl (C=O) groups excluding carboxylic acids is 1. The average molecular weight is 179 g/mol. The Morgan fingerprint density at radius 2 is 1.77 bits per heavy atom. The Kier molecular flexibility index (Phi) is 5.60. The lowest BCUT2D eigenvalue weighted by Crippen LogP contribution is -1.98. The van der Waals surface area contributed by atoms with Gasteiger partial charge in [-0.3, -0.25) is 4.79 Å². The zero-order chi connectivity index (χ0) is 10.3. The van der Waals surface area contributed by atoms with E-state index >= 15 is 0 Å². The molecule has 0 amide bonds. The van der Waals surface area contributed by atoms with Gasteiger partial charge in [0.1, 0.15) is 0 Å². The van der Waals surface area contributed by atoms with Crippen molar-refractivity contribution in [2.75, 3.05) is 12.4 Å². The fourth-order valence-corrected chi connectivity index (χ4v) is 1.01. The van der Waals surface area contributed by atoms with Gasteiger partial charge in [0.2, 0.25) is 0 Å². The molecule has 0 saturated carbocycles. The molecule has 1 aromatic carbocycles. The Morgan fingerprint density at radius 3 is 2.15 bits per heavy atom. The van der Waals surface area contributed by atoms with Crippen LogP contribution < -0.4 is 5.32 Å². The maximum absolute atomic E-state index is 11.0. The Balaban J connectivity index is 0.000000671. The predicted octanol–water partition coefficient (Wildman–Crippen LogP) is 2.96. The Labute approximate surface area is 80.0 Å². The van der Waals surface area contributed by atoms with Crippen molar-refractivity contribution >= 4 is 11.5 Å². The third-order valence-corrected chi connectivity index (χ3v) is 1.58. The van der Waals surface area contributed by atoms with Crippen LogP contribution in [0.25, 0.3) is 0 Å². The Morgan fingerprint density at radius 1 is 1.23 bits per heavy atom. The molecule has 0 unspecified atom stereocenters. The molecule has 13 heavy (non-hydrogen) atoms. The number of nitrogens with one attached hydrogen (secondary N) is 1. The van der Waals surface area contributed by atoms with Crippen LogP contribution in [0.2, 0.25) is 0 Å². The van der Waals surface area contributed by atoms with Crippen molar-refractivity contribution in [3.8, 4) is 0 Å². The molecule has 72 valence electrons. The molecule has 2 heteroatoms. The fourth-order valence-electron chi connectivity index (χ4n) is 1.01. The first kappa shape index (κ1) is 11.7. The molecule has 0 heterocycles. The number of Topliss-reactive ketones (excluding diaryl/α,β-unsaturated/α-hetero) is 1. The molecule has 1 N–H and O–H groups in total. The van der Waals surface area contributed by atoms with Gasteiger partial charge in [0.15, 0.2) is 5.78 Å². The lowest BCUT2D eigenvalue weighted by Gasteiger charge is -2.03. The number of carbonyl (C=O) groups is 1. The summed E-state index contributed by atoms with van der Waals surface area (Å²) in [6.45, 7) is 5.57. The summed E-state index contributed by atoms with van der Waals surface area (Å²) in [5.74, 6) is 0.0925. The molecule has 0 atom stereocenters. The second-order valence-electron chi connectivity index (χ2n) is 2.35. The summed E-state index contributed by atoms with van der Waals surface area (Å²) in [5.41, 5.74) is 1.63. The second-order valence-corrected chi connectivity index (χ2v) is 2.35. The van der Waals surface area contributed by atoms with Crippen molar-refractivity contribution in [2.45, 2.75) is 20.8 Å². The number of hydrogen-bond acceptors (Lipinski definition) is 2. The molecule has 1 rings (SSSR count). The van der Waals surface area contributed by atoms with Crippen LogP contribution in [0.15, 0.2) is 24.3 Å². The minimum atomic E-state index is 0.0925. The Bertz CT molecular complexity index is 269. The van der Waals surface area contributed by atoms with Crippen molar-refractivity contribution in [1.29, 1.82) is 0 Å². The zero-order valence-electron chi connectivity index (χ0n) is 8.72. The SMILES string of the molecule is CC.CNc1ccccc1C(C)=O. The van der Waals surface area contributed by atoms with Gasteiger partial charge in [-0.25, -0.2) is 0 Å². The summed E-state index contributed by atoms with van der Waals surface area (Å²) < 4.78 is 0. The van der Waals surface area contributed by atoms with E-state index in [4.69, 9.17) is 0 Å². The molecule has 0 bridgehead atoms. The van der Waals surface area contributed by atoms with Gasteiger partial charge in [0, 0.05) is 18.3 Å². The number of hydrogen-bond donors (Lipinski definition) is 1. The maximum Gasteiger partial charge on any atom is 0.161 e. The van der Waals surface area contributed by atoms with Gasteiger partial charge in [-0.05, 0) is 19.1 Å². The predicted molar refractivity (Wildman–Crippen MR) is 57.3 cm³/mol. The number of benzene rings is 1. The maximum atomic E-state index is 11.0. The third-order valence-electron chi connectivity index (χ3n) is 1.58. The van der Waals surface area contributed by atoms with Crippen molar-refractivity contribution in [2.24, 2.45) is 0 Å². The van der Waals surface area contributed by atoms with Gasteiger partial charge in [-0.15, -0.1) is 0 Å². The van der Waals surface area contributed by atoms with E-state index in [1.165, 1.54) is 0 Å². The lowest BCUT2D eigenvalue weighted by atomic mass is 10.1. The first-order chi connectivity index (χ1) is 6.25. The number of ketones is 1. The molecular weight excluding hydrogens is 162 g/mol. The highest BCUT2D eigenvalue weighted by Gasteiger charge is 2.02. The first-order valence-corrected chi connectivity index (χ1v) is 4.53. The number of rotatable bonds is 2. The van der Waals surface area contributed by atoms with Crippen LogP contribution in [0.5, 0.6) is 0 Å². The molecular formula is C11H17NO. The van der Waals surface area contributed by atoms with Gasteiger partial charge in [-0.1, -0.05) is 26.0 Å². The van der Waals surface area contributed by atoms with Crippen LogP contribution >= 0.6 is 0 Å². The van der Waals surface area contributed by atoms with Gasteiger partial charge in [-0.2, -0.15) is 0 Å². The summed E-state index contributed by atoms with van der Waals surface area (Å²) in [6, 6.07) is 7.46. The first-order valence-electron chi connectivity index (χ1n) is 4.53. The third kappa shape index (κ3) is 3.28. The molecule has 2 nitrogen and oxygen atoms in total. The quantitative estimate of drug-likeness (QED) is 0.707. The molecule has 0 aliphatic rings. The fraction of sp³-hybridized carbons (Fsp3) is 0.364. The minimum absolute atomic E-state index is 0.0925. The number of para-hydroxylation sites is 1. The average Bonchev–Trinajstić information content (AvgIpc) is 2.20. The number of anilines is 1. The van der Waals surface area contributed by atoms with Gasteiger partial charge < -0.3 is 5.32 Å².